The fourth-order valence-corrected chi connectivity index (χ4v) is 15.9. The molecular formula is C39H48O2Si2. The van der Waals surface area contributed by atoms with Crippen molar-refractivity contribution >= 4 is 37.4 Å². The molecule has 0 radical (unpaired) electrons. The van der Waals surface area contributed by atoms with Crippen LogP contribution in [0.15, 0.2) is 121 Å². The van der Waals surface area contributed by atoms with Crippen molar-refractivity contribution in [3.8, 4) is 12.3 Å². The van der Waals surface area contributed by atoms with Crippen LogP contribution in [0.4, 0.5) is 0 Å². The van der Waals surface area contributed by atoms with E-state index in [9.17, 15) is 0 Å². The molecule has 0 aromatic heterocycles. The van der Waals surface area contributed by atoms with Gasteiger partial charge in [-0.15, -0.1) is 12.3 Å². The fourth-order valence-electron chi connectivity index (χ4n) is 6.48. The average Bonchev–Trinajstić information content (AvgIpc) is 2.99. The number of benzene rings is 4. The van der Waals surface area contributed by atoms with Gasteiger partial charge in [0.05, 0.1) is 0 Å². The van der Waals surface area contributed by atoms with Crippen molar-refractivity contribution in [2.24, 2.45) is 5.41 Å². The van der Waals surface area contributed by atoms with Crippen molar-refractivity contribution in [2.75, 3.05) is 13.2 Å². The Hall–Kier alpha value is -3.21. The van der Waals surface area contributed by atoms with Crippen molar-refractivity contribution in [1.29, 1.82) is 0 Å². The lowest BCUT2D eigenvalue weighted by Crippen LogP contribution is -2.68. The van der Waals surface area contributed by atoms with Crippen LogP contribution in [0.5, 0.6) is 0 Å². The zero-order valence-electron chi connectivity index (χ0n) is 27.1. The van der Waals surface area contributed by atoms with E-state index in [0.29, 0.717) is 19.6 Å². The van der Waals surface area contributed by atoms with Crippen LogP contribution in [0, 0.1) is 17.8 Å². The Labute approximate surface area is 262 Å². The molecule has 0 saturated carbocycles. The van der Waals surface area contributed by atoms with E-state index in [2.05, 4.69) is 176 Å². The number of rotatable bonds is 11. The van der Waals surface area contributed by atoms with Crippen molar-refractivity contribution in [2.45, 2.75) is 65.0 Å². The molecule has 0 amide bonds. The van der Waals surface area contributed by atoms with Gasteiger partial charge in [-0.1, -0.05) is 170 Å². The van der Waals surface area contributed by atoms with Gasteiger partial charge in [0.1, 0.15) is 0 Å². The maximum atomic E-state index is 7.43. The van der Waals surface area contributed by atoms with Crippen LogP contribution < -0.4 is 20.7 Å². The van der Waals surface area contributed by atoms with Crippen LogP contribution in [0.1, 0.15) is 54.9 Å². The van der Waals surface area contributed by atoms with E-state index < -0.39 is 22.0 Å². The highest BCUT2D eigenvalue weighted by atomic mass is 28.4. The Morgan fingerprint density at radius 3 is 0.953 bits per heavy atom. The average molecular weight is 605 g/mol. The molecule has 4 aromatic carbocycles. The standard InChI is InChI=1S/C39H48O2Si2/c1-9-30-39(8,31-40-42(37(2,3)4,33-22-14-10-15-23-33)34-24-16-11-17-25-34)32-41-43(38(5,6)7,35-26-18-12-19-27-35)36-28-20-13-21-29-36/h1,10-29H,30-32H2,2-8H3. The lowest BCUT2D eigenvalue weighted by molar-refractivity contribution is 0.0883. The molecule has 0 N–H and O–H groups in total. The minimum Gasteiger partial charge on any atom is -0.407 e. The van der Waals surface area contributed by atoms with E-state index in [0.717, 1.165) is 0 Å². The molecule has 224 valence electrons. The van der Waals surface area contributed by atoms with Gasteiger partial charge in [-0.05, 0) is 30.8 Å². The summed E-state index contributed by atoms with van der Waals surface area (Å²) in [5, 5.41) is 4.83. The summed E-state index contributed by atoms with van der Waals surface area (Å²) < 4.78 is 14.9. The van der Waals surface area contributed by atoms with Crippen molar-refractivity contribution in [3.05, 3.63) is 121 Å². The second-order valence-electron chi connectivity index (χ2n) is 14.1. The second kappa shape index (κ2) is 13.2. The van der Waals surface area contributed by atoms with E-state index in [1.54, 1.807) is 0 Å². The zero-order chi connectivity index (χ0) is 31.2. The molecule has 0 aliphatic rings. The van der Waals surface area contributed by atoms with E-state index in [4.69, 9.17) is 15.3 Å². The van der Waals surface area contributed by atoms with Gasteiger partial charge in [-0.2, -0.15) is 0 Å². The molecule has 4 aromatic rings. The molecule has 43 heavy (non-hydrogen) atoms. The SMILES string of the molecule is C#CCC(C)(CO[Si](c1ccccc1)(c1ccccc1)C(C)(C)C)CO[Si](c1ccccc1)(c1ccccc1)C(C)(C)C. The Bertz CT molecular complexity index is 1280. The summed E-state index contributed by atoms with van der Waals surface area (Å²) >= 11 is 0. The van der Waals surface area contributed by atoms with Gasteiger partial charge in [0.2, 0.25) is 0 Å². The first-order valence-electron chi connectivity index (χ1n) is 15.3. The molecule has 0 atom stereocenters. The first kappa shape index (κ1) is 32.7. The van der Waals surface area contributed by atoms with Gasteiger partial charge in [-0.3, -0.25) is 0 Å². The van der Waals surface area contributed by atoms with Gasteiger partial charge < -0.3 is 8.85 Å². The molecule has 4 heteroatoms. The van der Waals surface area contributed by atoms with Crippen LogP contribution >= 0.6 is 0 Å². The third kappa shape index (κ3) is 6.66. The number of terminal acetylenes is 1. The Kier molecular flexibility index (Phi) is 10.0. The lowest BCUT2D eigenvalue weighted by Gasteiger charge is -2.47. The molecule has 0 spiro atoms. The van der Waals surface area contributed by atoms with E-state index >= 15 is 0 Å². The van der Waals surface area contributed by atoms with Gasteiger partial charge in [0, 0.05) is 25.0 Å². The van der Waals surface area contributed by atoms with Gasteiger partial charge in [0.25, 0.3) is 16.6 Å². The largest absolute Gasteiger partial charge is 0.407 e. The quantitative estimate of drug-likeness (QED) is 0.134. The summed E-state index contributed by atoms with van der Waals surface area (Å²) in [5.74, 6) is 2.99. The molecular weight excluding hydrogens is 557 g/mol. The van der Waals surface area contributed by atoms with Crippen LogP contribution in [0.3, 0.4) is 0 Å². The summed E-state index contributed by atoms with van der Waals surface area (Å²) in [6.45, 7) is 17.1. The van der Waals surface area contributed by atoms with E-state index in [1.165, 1.54) is 20.7 Å². The zero-order valence-corrected chi connectivity index (χ0v) is 29.1. The molecule has 0 aliphatic heterocycles. The maximum absolute atomic E-state index is 7.43. The number of hydrogen-bond donors (Lipinski definition) is 0. The predicted molar refractivity (Wildman–Crippen MR) is 189 cm³/mol. The molecule has 0 unspecified atom stereocenters. The smallest absolute Gasteiger partial charge is 0.261 e. The van der Waals surface area contributed by atoms with Gasteiger partial charge in [-0.25, -0.2) is 0 Å². The fraction of sp³-hybridized carbons (Fsp3) is 0.333. The normalized spacial score (nSPS) is 13.0. The van der Waals surface area contributed by atoms with Crippen LogP contribution in [0.2, 0.25) is 10.1 Å². The first-order chi connectivity index (χ1) is 20.4. The minimum atomic E-state index is -2.74. The molecule has 2 nitrogen and oxygen atoms in total. The van der Waals surface area contributed by atoms with Crippen LogP contribution in [-0.4, -0.2) is 29.8 Å². The summed E-state index contributed by atoms with van der Waals surface area (Å²) in [6.07, 6.45) is 6.63. The van der Waals surface area contributed by atoms with Crippen LogP contribution in [-0.2, 0) is 8.85 Å². The van der Waals surface area contributed by atoms with Crippen molar-refractivity contribution in [1.82, 2.24) is 0 Å². The Morgan fingerprint density at radius 2 is 0.744 bits per heavy atom. The summed E-state index contributed by atoms with van der Waals surface area (Å²) in [4.78, 5) is 0. The molecule has 0 saturated heterocycles. The number of hydrogen-bond acceptors (Lipinski definition) is 2. The molecule has 4 rings (SSSR count). The van der Waals surface area contributed by atoms with E-state index in [-0.39, 0.29) is 10.1 Å². The summed E-state index contributed by atoms with van der Waals surface area (Å²) in [5.41, 5.74) is -0.394. The minimum absolute atomic E-state index is 0.119. The molecule has 0 aliphatic carbocycles. The summed E-state index contributed by atoms with van der Waals surface area (Å²) in [6, 6.07) is 43.2. The predicted octanol–water partition coefficient (Wildman–Crippen LogP) is 7.17. The van der Waals surface area contributed by atoms with Gasteiger partial charge in [0.15, 0.2) is 0 Å². The third-order valence-electron chi connectivity index (χ3n) is 8.64. The van der Waals surface area contributed by atoms with Gasteiger partial charge >= 0.3 is 0 Å². The highest BCUT2D eigenvalue weighted by Gasteiger charge is 2.53. The monoisotopic (exact) mass is 604 g/mol. The molecule has 0 heterocycles. The van der Waals surface area contributed by atoms with E-state index in [1.807, 2.05) is 0 Å². The summed E-state index contributed by atoms with van der Waals surface area (Å²) in [7, 11) is -5.48. The maximum Gasteiger partial charge on any atom is 0.261 e. The topological polar surface area (TPSA) is 18.5 Å². The molecule has 0 bridgehead atoms. The van der Waals surface area contributed by atoms with Crippen molar-refractivity contribution < 1.29 is 8.85 Å². The third-order valence-corrected chi connectivity index (χ3v) is 18.6. The van der Waals surface area contributed by atoms with Crippen molar-refractivity contribution in [3.63, 3.8) is 0 Å². The Morgan fingerprint density at radius 1 is 0.488 bits per heavy atom. The second-order valence-corrected chi connectivity index (χ2v) is 22.7. The van der Waals surface area contributed by atoms with Crippen LogP contribution in [0.25, 0.3) is 0 Å². The highest BCUT2D eigenvalue weighted by Crippen LogP contribution is 2.40. The lowest BCUT2D eigenvalue weighted by atomic mass is 9.89. The highest BCUT2D eigenvalue weighted by molar-refractivity contribution is 7.00. The molecule has 0 fully saturated rings. The Balaban J connectivity index is 1.78. The first-order valence-corrected chi connectivity index (χ1v) is 19.1.